The molecule has 4 rings (SSSR count). The number of nitrogens with one attached hydrogen (secondary N) is 2. The summed E-state index contributed by atoms with van der Waals surface area (Å²) in [5.74, 6) is 0.259. The van der Waals surface area contributed by atoms with Crippen LogP contribution in [-0.2, 0) is 4.79 Å². The van der Waals surface area contributed by atoms with Gasteiger partial charge in [0.25, 0.3) is 5.91 Å². The Morgan fingerprint density at radius 2 is 1.89 bits per heavy atom. The number of carbonyl (C=O) groups is 2. The number of amides is 2. The summed E-state index contributed by atoms with van der Waals surface area (Å²) in [5.41, 5.74) is 3.47. The fraction of sp³-hybridized carbons (Fsp3) is 0.250. The van der Waals surface area contributed by atoms with E-state index in [2.05, 4.69) is 33.1 Å². The van der Waals surface area contributed by atoms with Gasteiger partial charge >= 0.3 is 0 Å². The first-order valence-corrected chi connectivity index (χ1v) is 9.07. The molecule has 0 bridgehead atoms. The molecule has 2 atom stereocenters. The van der Waals surface area contributed by atoms with Gasteiger partial charge in [-0.1, -0.05) is 19.1 Å². The molecule has 2 aromatic carbocycles. The molecule has 1 aromatic heterocycles. The normalized spacial score (nSPS) is 17.8. The highest BCUT2D eigenvalue weighted by molar-refractivity contribution is 6.05. The van der Waals surface area contributed by atoms with Gasteiger partial charge in [0, 0.05) is 22.9 Å². The summed E-state index contributed by atoms with van der Waals surface area (Å²) < 4.78 is 1.54. The standard InChI is InChI=1S/C20H20N6O2/c1-12-6-7-16(10-18(12)26-11-21-24-25-26)22-19(27)14-4-3-5-15(9-14)23-20(28)17-8-13(17)2/h3-7,9-11,13,17H,8H2,1-2H3,(H,22,27)(H,23,28). The molecule has 1 saturated carbocycles. The summed E-state index contributed by atoms with van der Waals surface area (Å²) in [6.45, 7) is 3.99. The molecule has 1 heterocycles. The first kappa shape index (κ1) is 17.8. The van der Waals surface area contributed by atoms with Gasteiger partial charge in [0.2, 0.25) is 5.91 Å². The molecule has 2 unspecified atom stereocenters. The summed E-state index contributed by atoms with van der Waals surface area (Å²) in [6.07, 6.45) is 2.42. The van der Waals surface area contributed by atoms with Crippen LogP contribution in [0.25, 0.3) is 5.69 Å². The van der Waals surface area contributed by atoms with E-state index in [-0.39, 0.29) is 17.7 Å². The lowest BCUT2D eigenvalue weighted by Gasteiger charge is -2.11. The first-order valence-electron chi connectivity index (χ1n) is 9.07. The van der Waals surface area contributed by atoms with E-state index in [1.54, 1.807) is 28.9 Å². The molecule has 2 N–H and O–H groups in total. The molecule has 1 fully saturated rings. The van der Waals surface area contributed by atoms with E-state index in [4.69, 9.17) is 0 Å². The van der Waals surface area contributed by atoms with Crippen LogP contribution in [0.5, 0.6) is 0 Å². The van der Waals surface area contributed by atoms with E-state index in [1.165, 1.54) is 6.33 Å². The number of carbonyl (C=O) groups excluding carboxylic acids is 2. The second-order valence-corrected chi connectivity index (χ2v) is 7.10. The molecule has 0 radical (unpaired) electrons. The lowest BCUT2D eigenvalue weighted by atomic mass is 10.1. The summed E-state index contributed by atoms with van der Waals surface area (Å²) in [7, 11) is 0. The molecule has 0 saturated heterocycles. The third-order valence-electron chi connectivity index (χ3n) is 4.90. The number of rotatable bonds is 5. The van der Waals surface area contributed by atoms with E-state index < -0.39 is 0 Å². The number of benzene rings is 2. The number of nitrogens with zero attached hydrogens (tertiary/aromatic N) is 4. The van der Waals surface area contributed by atoms with E-state index >= 15 is 0 Å². The minimum absolute atomic E-state index is 0.00896. The van der Waals surface area contributed by atoms with Crippen molar-refractivity contribution < 1.29 is 9.59 Å². The molecule has 1 aliphatic carbocycles. The summed E-state index contributed by atoms with van der Waals surface area (Å²) in [4.78, 5) is 24.8. The van der Waals surface area contributed by atoms with Gasteiger partial charge in [0.15, 0.2) is 0 Å². The Kier molecular flexibility index (Phi) is 4.60. The van der Waals surface area contributed by atoms with Crippen LogP contribution in [0.15, 0.2) is 48.8 Å². The molecule has 2 amide bonds. The van der Waals surface area contributed by atoms with Crippen molar-refractivity contribution in [2.45, 2.75) is 20.3 Å². The van der Waals surface area contributed by atoms with Crippen LogP contribution in [0.1, 0.15) is 29.3 Å². The Balaban J connectivity index is 1.49. The Hall–Kier alpha value is -3.55. The summed E-state index contributed by atoms with van der Waals surface area (Å²) >= 11 is 0. The number of aryl methyl sites for hydroxylation is 1. The highest BCUT2D eigenvalue weighted by Gasteiger charge is 2.39. The predicted octanol–water partition coefficient (Wildman–Crippen LogP) is 2.82. The summed E-state index contributed by atoms with van der Waals surface area (Å²) in [5, 5.41) is 16.9. The van der Waals surface area contributed by atoms with Crippen molar-refractivity contribution in [2.24, 2.45) is 11.8 Å². The van der Waals surface area contributed by atoms with Gasteiger partial charge < -0.3 is 10.6 Å². The number of anilines is 2. The lowest BCUT2D eigenvalue weighted by Crippen LogP contribution is -2.16. The monoisotopic (exact) mass is 376 g/mol. The Morgan fingerprint density at radius 1 is 1.11 bits per heavy atom. The van der Waals surface area contributed by atoms with Crippen LogP contribution >= 0.6 is 0 Å². The van der Waals surface area contributed by atoms with E-state index in [9.17, 15) is 9.59 Å². The molecular weight excluding hydrogens is 356 g/mol. The molecule has 28 heavy (non-hydrogen) atoms. The van der Waals surface area contributed by atoms with Crippen LogP contribution in [0.3, 0.4) is 0 Å². The van der Waals surface area contributed by atoms with Gasteiger partial charge in [-0.15, -0.1) is 5.10 Å². The third kappa shape index (κ3) is 3.75. The van der Waals surface area contributed by atoms with Crippen molar-refractivity contribution in [3.63, 3.8) is 0 Å². The lowest BCUT2D eigenvalue weighted by molar-refractivity contribution is -0.117. The fourth-order valence-corrected chi connectivity index (χ4v) is 3.07. The maximum atomic E-state index is 12.7. The highest BCUT2D eigenvalue weighted by Crippen LogP contribution is 2.38. The number of aromatic nitrogens is 4. The molecule has 142 valence electrons. The fourth-order valence-electron chi connectivity index (χ4n) is 3.07. The second-order valence-electron chi connectivity index (χ2n) is 7.10. The molecule has 0 aliphatic heterocycles. The topological polar surface area (TPSA) is 102 Å². The van der Waals surface area contributed by atoms with Crippen molar-refractivity contribution in [3.05, 3.63) is 59.9 Å². The van der Waals surface area contributed by atoms with Gasteiger partial charge in [0.05, 0.1) is 5.69 Å². The van der Waals surface area contributed by atoms with Gasteiger partial charge in [-0.2, -0.15) is 0 Å². The van der Waals surface area contributed by atoms with Crippen molar-refractivity contribution in [3.8, 4) is 5.69 Å². The third-order valence-corrected chi connectivity index (χ3v) is 4.90. The van der Waals surface area contributed by atoms with E-state index in [0.29, 0.717) is 22.9 Å². The average Bonchev–Trinajstić information content (AvgIpc) is 3.18. The Labute approximate surface area is 162 Å². The zero-order chi connectivity index (χ0) is 19.7. The molecule has 8 nitrogen and oxygen atoms in total. The van der Waals surface area contributed by atoms with Gasteiger partial charge in [0.1, 0.15) is 6.33 Å². The maximum absolute atomic E-state index is 12.7. The Bertz CT molecular complexity index is 1030. The van der Waals surface area contributed by atoms with Gasteiger partial charge in [-0.3, -0.25) is 9.59 Å². The van der Waals surface area contributed by atoms with Crippen molar-refractivity contribution in [1.82, 2.24) is 20.2 Å². The van der Waals surface area contributed by atoms with Crippen LogP contribution in [-0.4, -0.2) is 32.0 Å². The van der Waals surface area contributed by atoms with E-state index in [0.717, 1.165) is 17.7 Å². The zero-order valence-electron chi connectivity index (χ0n) is 15.6. The zero-order valence-corrected chi connectivity index (χ0v) is 15.6. The van der Waals surface area contributed by atoms with Crippen molar-refractivity contribution >= 4 is 23.2 Å². The van der Waals surface area contributed by atoms with Gasteiger partial charge in [-0.25, -0.2) is 4.68 Å². The largest absolute Gasteiger partial charge is 0.326 e. The van der Waals surface area contributed by atoms with Crippen molar-refractivity contribution in [2.75, 3.05) is 10.6 Å². The molecule has 8 heteroatoms. The number of tetrazole rings is 1. The van der Waals surface area contributed by atoms with Crippen LogP contribution in [0.2, 0.25) is 0 Å². The van der Waals surface area contributed by atoms with Crippen molar-refractivity contribution in [1.29, 1.82) is 0 Å². The van der Waals surface area contributed by atoms with Crippen LogP contribution in [0.4, 0.5) is 11.4 Å². The molecule has 3 aromatic rings. The number of hydrogen-bond donors (Lipinski definition) is 2. The molecule has 0 spiro atoms. The molecular formula is C20H20N6O2. The summed E-state index contributed by atoms with van der Waals surface area (Å²) in [6, 6.07) is 12.4. The van der Waals surface area contributed by atoms with Crippen LogP contribution in [0, 0.1) is 18.8 Å². The van der Waals surface area contributed by atoms with Gasteiger partial charge in [-0.05, 0) is 65.6 Å². The number of hydrogen-bond acceptors (Lipinski definition) is 5. The maximum Gasteiger partial charge on any atom is 0.255 e. The minimum Gasteiger partial charge on any atom is -0.326 e. The smallest absolute Gasteiger partial charge is 0.255 e. The minimum atomic E-state index is -0.262. The quantitative estimate of drug-likeness (QED) is 0.713. The van der Waals surface area contributed by atoms with E-state index in [1.807, 2.05) is 25.1 Å². The SMILES string of the molecule is Cc1ccc(NC(=O)c2cccc(NC(=O)C3CC3C)c2)cc1-n1cnnn1. The first-order chi connectivity index (χ1) is 13.5. The Morgan fingerprint density at radius 3 is 2.61 bits per heavy atom. The second kappa shape index (κ2) is 7.22. The average molecular weight is 376 g/mol. The predicted molar refractivity (Wildman–Crippen MR) is 104 cm³/mol. The highest BCUT2D eigenvalue weighted by atomic mass is 16.2. The van der Waals surface area contributed by atoms with Crippen LogP contribution < -0.4 is 10.6 Å². The molecule has 1 aliphatic rings.